The topological polar surface area (TPSA) is 79.8 Å². The number of carbonyl (C=O) groups excluding carboxylic acids is 1. The van der Waals surface area contributed by atoms with Crippen LogP contribution in [0.1, 0.15) is 32.0 Å². The minimum absolute atomic E-state index is 0.0484. The molecular weight excluding hydrogens is 403 g/mol. The van der Waals surface area contributed by atoms with E-state index in [0.29, 0.717) is 21.9 Å². The van der Waals surface area contributed by atoms with Crippen LogP contribution < -0.4 is 10.9 Å². The van der Waals surface area contributed by atoms with Crippen LogP contribution in [0.5, 0.6) is 0 Å². The van der Waals surface area contributed by atoms with E-state index in [9.17, 15) is 14.0 Å². The van der Waals surface area contributed by atoms with Gasteiger partial charge in [0.15, 0.2) is 5.16 Å². The van der Waals surface area contributed by atoms with Gasteiger partial charge in [-0.05, 0) is 44.5 Å². The average molecular weight is 423 g/mol. The van der Waals surface area contributed by atoms with E-state index >= 15 is 0 Å². The fraction of sp³-hybridized carbons (Fsp3) is 0.316. The van der Waals surface area contributed by atoms with Crippen molar-refractivity contribution < 1.29 is 9.18 Å². The van der Waals surface area contributed by atoms with E-state index in [2.05, 4.69) is 15.3 Å². The van der Waals surface area contributed by atoms with Gasteiger partial charge < -0.3 is 10.3 Å². The predicted octanol–water partition coefficient (Wildman–Crippen LogP) is 4.53. The highest BCUT2D eigenvalue weighted by atomic mass is 35.5. The summed E-state index contributed by atoms with van der Waals surface area (Å²) in [4.78, 5) is 32.8. The number of anilines is 1. The molecular formula is C19H20ClFN4O2S. The number of benzene rings is 1. The third kappa shape index (κ3) is 4.23. The van der Waals surface area contributed by atoms with Crippen molar-refractivity contribution in [3.8, 4) is 0 Å². The van der Waals surface area contributed by atoms with Crippen LogP contribution in [0.15, 0.2) is 34.2 Å². The smallest absolute Gasteiger partial charge is 0.278 e. The first-order chi connectivity index (χ1) is 13.3. The number of nitrogens with one attached hydrogen (secondary N) is 2. The van der Waals surface area contributed by atoms with Gasteiger partial charge in [0.25, 0.3) is 5.56 Å². The van der Waals surface area contributed by atoms with Crippen LogP contribution in [-0.2, 0) is 4.79 Å². The zero-order valence-electron chi connectivity index (χ0n) is 15.7. The molecule has 2 aromatic heterocycles. The molecule has 3 rings (SSSR count). The molecule has 148 valence electrons. The Bertz CT molecular complexity index is 1100. The highest BCUT2D eigenvalue weighted by Crippen LogP contribution is 2.24. The Morgan fingerprint density at radius 3 is 2.86 bits per heavy atom. The highest BCUT2D eigenvalue weighted by molar-refractivity contribution is 7.99. The SMILES string of the molecule is CC[C@H](C)n1c(SCC(=O)Nc2ccc(F)c(Cl)c2)nc2cc(C)[nH]c2c1=O. The summed E-state index contributed by atoms with van der Waals surface area (Å²) < 4.78 is 14.9. The molecule has 0 radical (unpaired) electrons. The van der Waals surface area contributed by atoms with Crippen LogP contribution in [0.3, 0.4) is 0 Å². The van der Waals surface area contributed by atoms with Crippen molar-refractivity contribution in [1.29, 1.82) is 0 Å². The maximum Gasteiger partial charge on any atom is 0.278 e. The van der Waals surface area contributed by atoms with E-state index in [1.807, 2.05) is 26.8 Å². The molecule has 0 aliphatic heterocycles. The number of carbonyl (C=O) groups is 1. The summed E-state index contributed by atoms with van der Waals surface area (Å²) in [5.74, 6) is -0.804. The number of aryl methyl sites for hydroxylation is 1. The fourth-order valence-electron chi connectivity index (χ4n) is 2.76. The van der Waals surface area contributed by atoms with Crippen molar-refractivity contribution in [2.75, 3.05) is 11.1 Å². The molecule has 0 aliphatic rings. The number of aromatic nitrogens is 3. The standard InChI is InChI=1S/C19H20ClFN4O2S/c1-4-11(3)25-18(27)17-15(7-10(2)22-17)24-19(25)28-9-16(26)23-12-5-6-14(21)13(20)8-12/h5-8,11,22H,4,9H2,1-3H3,(H,23,26)/t11-/m0/s1. The lowest BCUT2D eigenvalue weighted by Gasteiger charge is -2.17. The van der Waals surface area contributed by atoms with Crippen molar-refractivity contribution in [3.05, 3.63) is 51.2 Å². The molecule has 2 N–H and O–H groups in total. The van der Waals surface area contributed by atoms with E-state index in [-0.39, 0.29) is 28.3 Å². The van der Waals surface area contributed by atoms with Crippen LogP contribution in [0.4, 0.5) is 10.1 Å². The number of rotatable bonds is 6. The monoisotopic (exact) mass is 422 g/mol. The summed E-state index contributed by atoms with van der Waals surface area (Å²) in [6.07, 6.45) is 0.751. The van der Waals surface area contributed by atoms with Crippen LogP contribution in [-0.4, -0.2) is 26.2 Å². The van der Waals surface area contributed by atoms with E-state index in [4.69, 9.17) is 11.6 Å². The molecule has 1 amide bonds. The fourth-order valence-corrected chi connectivity index (χ4v) is 3.84. The van der Waals surface area contributed by atoms with Gasteiger partial charge in [0, 0.05) is 17.4 Å². The van der Waals surface area contributed by atoms with Gasteiger partial charge in [-0.3, -0.25) is 14.2 Å². The number of halogens is 2. The molecule has 1 aromatic carbocycles. The van der Waals surface area contributed by atoms with Crippen molar-refractivity contribution in [1.82, 2.24) is 14.5 Å². The van der Waals surface area contributed by atoms with E-state index in [1.54, 1.807) is 4.57 Å². The molecule has 0 saturated heterocycles. The second-order valence-corrected chi connectivity index (χ2v) is 7.85. The second-order valence-electron chi connectivity index (χ2n) is 6.51. The first-order valence-corrected chi connectivity index (χ1v) is 10.2. The van der Waals surface area contributed by atoms with Gasteiger partial charge in [-0.25, -0.2) is 9.37 Å². The highest BCUT2D eigenvalue weighted by Gasteiger charge is 2.18. The summed E-state index contributed by atoms with van der Waals surface area (Å²) >= 11 is 6.92. The Labute approximate surface area is 170 Å². The summed E-state index contributed by atoms with van der Waals surface area (Å²) in [6.45, 7) is 5.79. The number of H-pyrrole nitrogens is 1. The van der Waals surface area contributed by atoms with Gasteiger partial charge in [-0.2, -0.15) is 0 Å². The summed E-state index contributed by atoms with van der Waals surface area (Å²) in [6, 6.07) is 5.72. The maximum absolute atomic E-state index is 13.2. The van der Waals surface area contributed by atoms with Gasteiger partial charge in [0.1, 0.15) is 11.3 Å². The number of nitrogens with zero attached hydrogens (tertiary/aromatic N) is 2. The Kier molecular flexibility index (Phi) is 6.10. The number of fused-ring (bicyclic) bond motifs is 1. The number of aromatic amines is 1. The molecule has 2 heterocycles. The number of hydrogen-bond donors (Lipinski definition) is 2. The van der Waals surface area contributed by atoms with Crippen LogP contribution in [0.2, 0.25) is 5.02 Å². The molecule has 0 unspecified atom stereocenters. The predicted molar refractivity (Wildman–Crippen MR) is 111 cm³/mol. The van der Waals surface area contributed by atoms with Gasteiger partial charge in [-0.1, -0.05) is 30.3 Å². The molecule has 1 atom stereocenters. The molecule has 0 spiro atoms. The summed E-state index contributed by atoms with van der Waals surface area (Å²) in [5, 5.41) is 3.09. The number of amides is 1. The number of hydrogen-bond acceptors (Lipinski definition) is 4. The number of thioether (sulfide) groups is 1. The maximum atomic E-state index is 13.2. The van der Waals surface area contributed by atoms with E-state index < -0.39 is 5.82 Å². The van der Waals surface area contributed by atoms with E-state index in [1.165, 1.54) is 30.0 Å². The summed E-state index contributed by atoms with van der Waals surface area (Å²) in [7, 11) is 0. The first-order valence-electron chi connectivity index (χ1n) is 8.79. The van der Waals surface area contributed by atoms with Crippen LogP contribution in [0.25, 0.3) is 11.0 Å². The van der Waals surface area contributed by atoms with Crippen molar-refractivity contribution in [2.45, 2.75) is 38.4 Å². The van der Waals surface area contributed by atoms with Gasteiger partial charge in [0.2, 0.25) is 5.91 Å². The zero-order chi connectivity index (χ0) is 20.4. The minimum Gasteiger partial charge on any atom is -0.353 e. The normalized spacial score (nSPS) is 12.3. The Morgan fingerprint density at radius 2 is 2.18 bits per heavy atom. The Morgan fingerprint density at radius 1 is 1.43 bits per heavy atom. The van der Waals surface area contributed by atoms with Crippen LogP contribution >= 0.6 is 23.4 Å². The van der Waals surface area contributed by atoms with E-state index in [0.717, 1.165) is 12.1 Å². The molecule has 0 aliphatic carbocycles. The Hall–Kier alpha value is -2.32. The molecule has 28 heavy (non-hydrogen) atoms. The second kappa shape index (κ2) is 8.36. The van der Waals surface area contributed by atoms with Gasteiger partial charge in [-0.15, -0.1) is 0 Å². The lowest BCUT2D eigenvalue weighted by molar-refractivity contribution is -0.113. The van der Waals surface area contributed by atoms with Crippen LogP contribution in [0, 0.1) is 12.7 Å². The third-order valence-electron chi connectivity index (χ3n) is 4.35. The molecule has 0 fully saturated rings. The Balaban J connectivity index is 1.83. The average Bonchev–Trinajstić information content (AvgIpc) is 3.03. The van der Waals surface area contributed by atoms with Gasteiger partial charge in [0.05, 0.1) is 16.3 Å². The lowest BCUT2D eigenvalue weighted by Crippen LogP contribution is -2.26. The van der Waals surface area contributed by atoms with Crippen molar-refractivity contribution in [2.24, 2.45) is 0 Å². The van der Waals surface area contributed by atoms with Crippen molar-refractivity contribution in [3.63, 3.8) is 0 Å². The zero-order valence-corrected chi connectivity index (χ0v) is 17.2. The summed E-state index contributed by atoms with van der Waals surface area (Å²) in [5.41, 5.74) is 2.15. The molecule has 9 heteroatoms. The van der Waals surface area contributed by atoms with Crippen molar-refractivity contribution >= 4 is 46.0 Å². The lowest BCUT2D eigenvalue weighted by atomic mass is 10.2. The molecule has 0 bridgehead atoms. The molecule has 3 aromatic rings. The minimum atomic E-state index is -0.550. The largest absolute Gasteiger partial charge is 0.353 e. The quantitative estimate of drug-likeness (QED) is 0.452. The molecule has 6 nitrogen and oxygen atoms in total. The third-order valence-corrected chi connectivity index (χ3v) is 5.60. The van der Waals surface area contributed by atoms with Gasteiger partial charge >= 0.3 is 0 Å². The molecule has 0 saturated carbocycles. The first kappa shape index (κ1) is 20.4.